The van der Waals surface area contributed by atoms with Crippen LogP contribution in [0.2, 0.25) is 0 Å². The number of ether oxygens (including phenoxy) is 2. The number of rotatable bonds is 7. The molecule has 1 N–H and O–H groups in total. The maximum absolute atomic E-state index is 5.68. The summed E-state index contributed by atoms with van der Waals surface area (Å²) in [6.45, 7) is 8.46. The Hall–Kier alpha value is -0.120. The molecule has 1 saturated heterocycles. The quantitative estimate of drug-likeness (QED) is 0.720. The third kappa shape index (κ3) is 5.80. The second-order valence-electron chi connectivity index (χ2n) is 6.96. The van der Waals surface area contributed by atoms with E-state index in [2.05, 4.69) is 19.2 Å². The summed E-state index contributed by atoms with van der Waals surface area (Å²) in [7, 11) is 0. The summed E-state index contributed by atoms with van der Waals surface area (Å²) in [6, 6.07) is 0.742. The first kappa shape index (κ1) is 15.3. The van der Waals surface area contributed by atoms with E-state index in [0.717, 1.165) is 38.8 Å². The van der Waals surface area contributed by atoms with Gasteiger partial charge in [0.15, 0.2) is 0 Å². The predicted molar refractivity (Wildman–Crippen MR) is 78.4 cm³/mol. The lowest BCUT2D eigenvalue weighted by Gasteiger charge is -2.34. The van der Waals surface area contributed by atoms with Gasteiger partial charge in [-0.05, 0) is 56.9 Å². The normalized spacial score (nSPS) is 27.8. The predicted octanol–water partition coefficient (Wildman–Crippen LogP) is 3.13. The molecule has 1 aliphatic heterocycles. The molecule has 2 fully saturated rings. The van der Waals surface area contributed by atoms with Crippen molar-refractivity contribution in [2.24, 2.45) is 5.41 Å². The molecule has 1 aliphatic carbocycles. The van der Waals surface area contributed by atoms with E-state index in [1.807, 2.05) is 0 Å². The molecule has 3 heteroatoms. The summed E-state index contributed by atoms with van der Waals surface area (Å²) in [4.78, 5) is 0. The second-order valence-corrected chi connectivity index (χ2v) is 6.96. The van der Waals surface area contributed by atoms with Crippen LogP contribution in [0.4, 0.5) is 0 Å². The largest absolute Gasteiger partial charge is 0.379 e. The van der Waals surface area contributed by atoms with Crippen LogP contribution < -0.4 is 5.32 Å². The highest BCUT2D eigenvalue weighted by molar-refractivity contribution is 4.81. The van der Waals surface area contributed by atoms with E-state index in [9.17, 15) is 0 Å². The van der Waals surface area contributed by atoms with E-state index < -0.39 is 0 Å². The van der Waals surface area contributed by atoms with Gasteiger partial charge in [0.1, 0.15) is 0 Å². The topological polar surface area (TPSA) is 30.5 Å². The number of hydrogen-bond acceptors (Lipinski definition) is 3. The van der Waals surface area contributed by atoms with Crippen molar-refractivity contribution in [1.29, 1.82) is 0 Å². The Morgan fingerprint density at radius 1 is 1.21 bits per heavy atom. The van der Waals surface area contributed by atoms with Gasteiger partial charge in [0.25, 0.3) is 0 Å². The Morgan fingerprint density at radius 2 is 2.00 bits per heavy atom. The maximum Gasteiger partial charge on any atom is 0.0809 e. The van der Waals surface area contributed by atoms with Crippen LogP contribution >= 0.6 is 0 Å². The molecule has 1 saturated carbocycles. The first-order valence-electron chi connectivity index (χ1n) is 8.08. The molecule has 2 rings (SSSR count). The summed E-state index contributed by atoms with van der Waals surface area (Å²) in [5.74, 6) is 0. The minimum Gasteiger partial charge on any atom is -0.379 e. The molecule has 0 bridgehead atoms. The highest BCUT2D eigenvalue weighted by Gasteiger charge is 2.26. The Bertz CT molecular complexity index is 239. The fourth-order valence-corrected chi connectivity index (χ4v) is 3.07. The van der Waals surface area contributed by atoms with E-state index >= 15 is 0 Å². The molecule has 19 heavy (non-hydrogen) atoms. The second kappa shape index (κ2) is 7.61. The first-order chi connectivity index (χ1) is 9.16. The summed E-state index contributed by atoms with van der Waals surface area (Å²) < 4.78 is 11.2. The van der Waals surface area contributed by atoms with Crippen molar-refractivity contribution in [2.75, 3.05) is 26.4 Å². The number of nitrogens with one attached hydrogen (secondary N) is 1. The fourth-order valence-electron chi connectivity index (χ4n) is 3.07. The van der Waals surface area contributed by atoms with Gasteiger partial charge in [-0.3, -0.25) is 0 Å². The van der Waals surface area contributed by atoms with Gasteiger partial charge in [-0.1, -0.05) is 13.8 Å². The van der Waals surface area contributed by atoms with Gasteiger partial charge < -0.3 is 14.8 Å². The molecule has 2 aliphatic rings. The molecule has 1 heterocycles. The van der Waals surface area contributed by atoms with Gasteiger partial charge in [-0.25, -0.2) is 0 Å². The molecule has 0 radical (unpaired) electrons. The van der Waals surface area contributed by atoms with Gasteiger partial charge in [0.2, 0.25) is 0 Å². The Morgan fingerprint density at radius 3 is 2.68 bits per heavy atom. The van der Waals surface area contributed by atoms with E-state index in [1.54, 1.807) is 0 Å². The van der Waals surface area contributed by atoms with Crippen molar-refractivity contribution in [1.82, 2.24) is 5.32 Å². The van der Waals surface area contributed by atoms with Crippen LogP contribution in [-0.2, 0) is 9.47 Å². The Kier molecular flexibility index (Phi) is 6.11. The van der Waals surface area contributed by atoms with Crippen LogP contribution in [0, 0.1) is 5.41 Å². The lowest BCUT2D eigenvalue weighted by Crippen LogP contribution is -2.36. The third-order valence-corrected chi connectivity index (χ3v) is 4.57. The Labute approximate surface area is 118 Å². The molecule has 112 valence electrons. The van der Waals surface area contributed by atoms with E-state index in [4.69, 9.17) is 9.47 Å². The monoisotopic (exact) mass is 269 g/mol. The molecule has 3 nitrogen and oxygen atoms in total. The lowest BCUT2D eigenvalue weighted by molar-refractivity contribution is 0.0164. The zero-order chi connectivity index (χ0) is 13.6. The van der Waals surface area contributed by atoms with Crippen LogP contribution in [0.1, 0.15) is 58.8 Å². The zero-order valence-electron chi connectivity index (χ0n) is 12.7. The molecule has 0 aromatic heterocycles. The molecule has 0 aromatic rings. The van der Waals surface area contributed by atoms with Crippen LogP contribution in [0.25, 0.3) is 0 Å². The van der Waals surface area contributed by atoms with Gasteiger partial charge in [-0.2, -0.15) is 0 Å². The summed E-state index contributed by atoms with van der Waals surface area (Å²) >= 11 is 0. The summed E-state index contributed by atoms with van der Waals surface area (Å²) in [5.41, 5.74) is 0.572. The van der Waals surface area contributed by atoms with Crippen molar-refractivity contribution < 1.29 is 9.47 Å². The average molecular weight is 269 g/mol. The van der Waals surface area contributed by atoms with Crippen molar-refractivity contribution in [3.63, 3.8) is 0 Å². The lowest BCUT2D eigenvalue weighted by atomic mass is 9.75. The van der Waals surface area contributed by atoms with E-state index in [0.29, 0.717) is 11.5 Å². The number of hydrogen-bond donors (Lipinski definition) is 1. The first-order valence-corrected chi connectivity index (χ1v) is 8.08. The highest BCUT2D eigenvalue weighted by atomic mass is 16.5. The third-order valence-electron chi connectivity index (χ3n) is 4.57. The average Bonchev–Trinajstić information content (AvgIpc) is 2.88. The molecule has 0 amide bonds. The van der Waals surface area contributed by atoms with Crippen molar-refractivity contribution in [3.05, 3.63) is 0 Å². The van der Waals surface area contributed by atoms with Crippen LogP contribution in [-0.4, -0.2) is 38.5 Å². The van der Waals surface area contributed by atoms with Crippen molar-refractivity contribution >= 4 is 0 Å². The van der Waals surface area contributed by atoms with Crippen LogP contribution in [0.3, 0.4) is 0 Å². The summed E-state index contributed by atoms with van der Waals surface area (Å²) in [6.07, 6.45) is 9.26. The van der Waals surface area contributed by atoms with Crippen molar-refractivity contribution in [3.8, 4) is 0 Å². The van der Waals surface area contributed by atoms with Gasteiger partial charge in [-0.15, -0.1) is 0 Å². The van der Waals surface area contributed by atoms with Gasteiger partial charge in [0, 0.05) is 19.3 Å². The van der Waals surface area contributed by atoms with Gasteiger partial charge in [0.05, 0.1) is 12.7 Å². The molecule has 0 spiro atoms. The van der Waals surface area contributed by atoms with Gasteiger partial charge >= 0.3 is 0 Å². The zero-order valence-corrected chi connectivity index (χ0v) is 12.7. The molecule has 1 unspecified atom stereocenters. The minimum atomic E-state index is 0.369. The van der Waals surface area contributed by atoms with Crippen molar-refractivity contribution in [2.45, 2.75) is 70.9 Å². The molecule has 0 aromatic carbocycles. The van der Waals surface area contributed by atoms with E-state index in [-0.39, 0.29) is 0 Å². The molecule has 1 atom stereocenters. The smallest absolute Gasteiger partial charge is 0.0809 e. The standard InChI is InChI=1S/C16H31NO2/c1-16(2)8-6-14(7-9-16)17-10-4-11-18-13-15-5-3-12-19-15/h14-15,17H,3-13H2,1-2H3. The minimum absolute atomic E-state index is 0.369. The highest BCUT2D eigenvalue weighted by Crippen LogP contribution is 2.34. The molecular formula is C16H31NO2. The Balaban J connectivity index is 1.42. The maximum atomic E-state index is 5.68. The molecular weight excluding hydrogens is 238 g/mol. The van der Waals surface area contributed by atoms with Crippen LogP contribution in [0.15, 0.2) is 0 Å². The van der Waals surface area contributed by atoms with Crippen LogP contribution in [0.5, 0.6) is 0 Å². The fraction of sp³-hybridized carbons (Fsp3) is 1.00. The summed E-state index contributed by atoms with van der Waals surface area (Å²) in [5, 5.41) is 3.68. The van der Waals surface area contributed by atoms with E-state index in [1.165, 1.54) is 38.5 Å². The SMILES string of the molecule is CC1(C)CCC(NCCCOCC2CCCO2)CC1.